The lowest BCUT2D eigenvalue weighted by Gasteiger charge is -2.29. The Labute approximate surface area is 103 Å². The molecule has 2 heterocycles. The highest BCUT2D eigenvalue weighted by Gasteiger charge is 2.37. The molecule has 2 fully saturated rings. The largest absolute Gasteiger partial charge is 0.378 e. The lowest BCUT2D eigenvalue weighted by Crippen LogP contribution is -2.49. The molecule has 0 aromatic carbocycles. The Hall–Kier alpha value is -0.810. The van der Waals surface area contributed by atoms with E-state index in [1.807, 2.05) is 4.90 Å². The molecule has 5 nitrogen and oxygen atoms in total. The SMILES string of the molecule is CC(C)(C)C1CN(CC2COCCN2)C(=O)N1. The van der Waals surface area contributed by atoms with E-state index >= 15 is 0 Å². The van der Waals surface area contributed by atoms with E-state index in [1.54, 1.807) is 0 Å². The molecule has 0 aliphatic carbocycles. The summed E-state index contributed by atoms with van der Waals surface area (Å²) in [5.41, 5.74) is 0.112. The third kappa shape index (κ3) is 3.10. The van der Waals surface area contributed by atoms with Crippen molar-refractivity contribution < 1.29 is 9.53 Å². The van der Waals surface area contributed by atoms with Crippen LogP contribution in [0.4, 0.5) is 4.79 Å². The summed E-state index contributed by atoms with van der Waals surface area (Å²) < 4.78 is 5.40. The van der Waals surface area contributed by atoms with Crippen molar-refractivity contribution in [2.45, 2.75) is 32.9 Å². The molecule has 2 aliphatic heterocycles. The summed E-state index contributed by atoms with van der Waals surface area (Å²) in [7, 11) is 0. The average molecular weight is 241 g/mol. The minimum Gasteiger partial charge on any atom is -0.378 e. The molecule has 2 unspecified atom stereocenters. The van der Waals surface area contributed by atoms with Gasteiger partial charge in [0, 0.05) is 25.7 Å². The molecule has 5 heteroatoms. The number of amides is 2. The van der Waals surface area contributed by atoms with Gasteiger partial charge >= 0.3 is 6.03 Å². The van der Waals surface area contributed by atoms with Crippen molar-refractivity contribution in [1.82, 2.24) is 15.5 Å². The number of rotatable bonds is 2. The lowest BCUT2D eigenvalue weighted by atomic mass is 9.87. The zero-order valence-electron chi connectivity index (χ0n) is 11.0. The van der Waals surface area contributed by atoms with Gasteiger partial charge in [-0.25, -0.2) is 4.79 Å². The summed E-state index contributed by atoms with van der Waals surface area (Å²) in [6.07, 6.45) is 0. The van der Waals surface area contributed by atoms with Gasteiger partial charge in [0.15, 0.2) is 0 Å². The Balaban J connectivity index is 1.87. The average Bonchev–Trinajstić information content (AvgIpc) is 2.62. The number of carbonyl (C=O) groups excluding carboxylic acids is 1. The van der Waals surface area contributed by atoms with Crippen molar-refractivity contribution in [2.24, 2.45) is 5.41 Å². The van der Waals surface area contributed by atoms with Gasteiger partial charge in [0.1, 0.15) is 0 Å². The molecule has 2 N–H and O–H groups in total. The number of nitrogens with zero attached hydrogens (tertiary/aromatic N) is 1. The molecule has 0 bridgehead atoms. The number of nitrogens with one attached hydrogen (secondary N) is 2. The van der Waals surface area contributed by atoms with Gasteiger partial charge in [-0.15, -0.1) is 0 Å². The van der Waals surface area contributed by atoms with Crippen LogP contribution >= 0.6 is 0 Å². The Morgan fingerprint density at radius 1 is 1.47 bits per heavy atom. The molecule has 0 saturated carbocycles. The van der Waals surface area contributed by atoms with Gasteiger partial charge in [-0.2, -0.15) is 0 Å². The Morgan fingerprint density at radius 2 is 2.24 bits per heavy atom. The van der Waals surface area contributed by atoms with Crippen LogP contribution in [0.15, 0.2) is 0 Å². The number of morpholine rings is 1. The van der Waals surface area contributed by atoms with E-state index in [0.29, 0.717) is 6.61 Å². The first kappa shape index (κ1) is 12.6. The van der Waals surface area contributed by atoms with Gasteiger partial charge in [0.05, 0.1) is 19.3 Å². The second kappa shape index (κ2) is 4.82. The highest BCUT2D eigenvalue weighted by atomic mass is 16.5. The first-order chi connectivity index (χ1) is 7.97. The quantitative estimate of drug-likeness (QED) is 0.736. The lowest BCUT2D eigenvalue weighted by molar-refractivity contribution is 0.0675. The van der Waals surface area contributed by atoms with Gasteiger partial charge in [-0.3, -0.25) is 0 Å². The Morgan fingerprint density at radius 3 is 2.76 bits per heavy atom. The third-order valence-corrected chi connectivity index (χ3v) is 3.47. The molecule has 0 aromatic heterocycles. The van der Waals surface area contributed by atoms with Crippen molar-refractivity contribution in [3.05, 3.63) is 0 Å². The zero-order valence-corrected chi connectivity index (χ0v) is 11.0. The van der Waals surface area contributed by atoms with Gasteiger partial charge in [-0.05, 0) is 5.41 Å². The van der Waals surface area contributed by atoms with E-state index in [1.165, 1.54) is 0 Å². The second-order valence-electron chi connectivity index (χ2n) is 6.00. The van der Waals surface area contributed by atoms with Crippen LogP contribution in [0.2, 0.25) is 0 Å². The van der Waals surface area contributed by atoms with Crippen LogP contribution in [-0.2, 0) is 4.74 Å². The fourth-order valence-corrected chi connectivity index (χ4v) is 2.24. The Kier molecular flexibility index (Phi) is 3.58. The monoisotopic (exact) mass is 241 g/mol. The minimum absolute atomic E-state index is 0.0531. The third-order valence-electron chi connectivity index (χ3n) is 3.47. The highest BCUT2D eigenvalue weighted by molar-refractivity contribution is 5.77. The van der Waals surface area contributed by atoms with Gasteiger partial charge < -0.3 is 20.3 Å². The predicted molar refractivity (Wildman–Crippen MR) is 66.0 cm³/mol. The minimum atomic E-state index is 0.0531. The molecule has 2 rings (SSSR count). The molecule has 0 spiro atoms. The van der Waals surface area contributed by atoms with E-state index < -0.39 is 0 Å². The molecule has 2 atom stereocenters. The summed E-state index contributed by atoms with van der Waals surface area (Å²) in [6.45, 7) is 10.3. The maximum absolute atomic E-state index is 11.9. The van der Waals surface area contributed by atoms with Gasteiger partial charge in [0.25, 0.3) is 0 Å². The number of hydrogen-bond acceptors (Lipinski definition) is 3. The van der Waals surface area contributed by atoms with Crippen molar-refractivity contribution >= 4 is 6.03 Å². The van der Waals surface area contributed by atoms with Crippen molar-refractivity contribution in [2.75, 3.05) is 32.8 Å². The fourth-order valence-electron chi connectivity index (χ4n) is 2.24. The van der Waals surface area contributed by atoms with Crippen LogP contribution in [-0.4, -0.2) is 55.9 Å². The fraction of sp³-hybridized carbons (Fsp3) is 0.917. The van der Waals surface area contributed by atoms with E-state index in [9.17, 15) is 4.79 Å². The van der Waals surface area contributed by atoms with Crippen molar-refractivity contribution in [1.29, 1.82) is 0 Å². The van der Waals surface area contributed by atoms with Gasteiger partial charge in [0.2, 0.25) is 0 Å². The molecule has 98 valence electrons. The molecular formula is C12H23N3O2. The number of carbonyl (C=O) groups is 1. The van der Waals surface area contributed by atoms with Crippen LogP contribution in [0.1, 0.15) is 20.8 Å². The maximum Gasteiger partial charge on any atom is 0.317 e. The maximum atomic E-state index is 11.9. The van der Waals surface area contributed by atoms with Crippen molar-refractivity contribution in [3.8, 4) is 0 Å². The van der Waals surface area contributed by atoms with E-state index in [0.717, 1.165) is 26.2 Å². The summed E-state index contributed by atoms with van der Waals surface area (Å²) >= 11 is 0. The van der Waals surface area contributed by atoms with Gasteiger partial charge in [-0.1, -0.05) is 20.8 Å². The highest BCUT2D eigenvalue weighted by Crippen LogP contribution is 2.23. The van der Waals surface area contributed by atoms with Crippen LogP contribution < -0.4 is 10.6 Å². The standard InChI is InChI=1S/C12H23N3O2/c1-12(2,3)10-7-15(11(16)14-10)6-9-8-17-5-4-13-9/h9-10,13H,4-8H2,1-3H3,(H,14,16). The summed E-state index contributed by atoms with van der Waals surface area (Å²) in [6, 6.07) is 0.560. The van der Waals surface area contributed by atoms with Crippen LogP contribution in [0.25, 0.3) is 0 Å². The number of hydrogen-bond donors (Lipinski definition) is 2. The van der Waals surface area contributed by atoms with E-state index in [2.05, 4.69) is 31.4 Å². The molecule has 2 aliphatic rings. The predicted octanol–water partition coefficient (Wildman–Crippen LogP) is 0.415. The smallest absolute Gasteiger partial charge is 0.317 e. The van der Waals surface area contributed by atoms with E-state index in [4.69, 9.17) is 4.74 Å². The summed E-state index contributed by atoms with van der Waals surface area (Å²) in [5, 5.41) is 6.43. The van der Waals surface area contributed by atoms with Crippen molar-refractivity contribution in [3.63, 3.8) is 0 Å². The van der Waals surface area contributed by atoms with Crippen LogP contribution in [0.3, 0.4) is 0 Å². The summed E-state index contributed by atoms with van der Waals surface area (Å²) in [5.74, 6) is 0. The zero-order chi connectivity index (χ0) is 12.5. The number of ether oxygens (including phenoxy) is 1. The molecular weight excluding hydrogens is 218 g/mol. The molecule has 0 radical (unpaired) electrons. The molecule has 0 aromatic rings. The number of urea groups is 1. The first-order valence-corrected chi connectivity index (χ1v) is 6.33. The first-order valence-electron chi connectivity index (χ1n) is 6.33. The van der Waals surface area contributed by atoms with Crippen LogP contribution in [0, 0.1) is 5.41 Å². The van der Waals surface area contributed by atoms with Crippen LogP contribution in [0.5, 0.6) is 0 Å². The second-order valence-corrected chi connectivity index (χ2v) is 6.00. The molecule has 2 amide bonds. The van der Waals surface area contributed by atoms with E-state index in [-0.39, 0.29) is 23.5 Å². The normalized spacial score (nSPS) is 30.5. The molecule has 2 saturated heterocycles. The topological polar surface area (TPSA) is 53.6 Å². The summed E-state index contributed by atoms with van der Waals surface area (Å²) in [4.78, 5) is 13.7. The molecule has 17 heavy (non-hydrogen) atoms. The Bertz CT molecular complexity index is 282.